The van der Waals surface area contributed by atoms with E-state index in [2.05, 4.69) is 10.3 Å². The molecule has 0 aliphatic rings. The van der Waals surface area contributed by atoms with E-state index in [4.69, 9.17) is 11.6 Å². The Hall–Kier alpha value is -3.63. The standard InChI is InChI=1S/C22H13ClF3N3O/c23-18-7-4-15(5-8-18)21(30)29-19-3-1-2-14(11-19)10-16(12-27)20-9-6-17(13-28-20)22(24,25)26/h1-11,13H,(H,29,30)/b16-10+. The highest BCUT2D eigenvalue weighted by atomic mass is 35.5. The molecule has 30 heavy (non-hydrogen) atoms. The number of hydrogen-bond acceptors (Lipinski definition) is 3. The Balaban J connectivity index is 1.81. The van der Waals surface area contributed by atoms with Crippen LogP contribution in [0.15, 0.2) is 66.9 Å². The van der Waals surface area contributed by atoms with Crippen molar-refractivity contribution in [2.45, 2.75) is 6.18 Å². The van der Waals surface area contributed by atoms with Crippen LogP contribution in [0.1, 0.15) is 27.2 Å². The Morgan fingerprint density at radius 3 is 2.43 bits per heavy atom. The van der Waals surface area contributed by atoms with E-state index in [9.17, 15) is 23.2 Å². The predicted molar refractivity (Wildman–Crippen MR) is 109 cm³/mol. The Bertz CT molecular complexity index is 1130. The Morgan fingerprint density at radius 1 is 1.10 bits per heavy atom. The first-order valence-corrected chi connectivity index (χ1v) is 8.96. The van der Waals surface area contributed by atoms with E-state index < -0.39 is 11.7 Å². The first-order valence-electron chi connectivity index (χ1n) is 8.58. The maximum absolute atomic E-state index is 12.7. The first kappa shape index (κ1) is 21.1. The van der Waals surface area contributed by atoms with E-state index in [1.54, 1.807) is 48.5 Å². The summed E-state index contributed by atoms with van der Waals surface area (Å²) in [5.41, 5.74) is 0.789. The lowest BCUT2D eigenvalue weighted by molar-refractivity contribution is -0.137. The number of carbonyl (C=O) groups excluding carboxylic acids is 1. The van der Waals surface area contributed by atoms with Crippen LogP contribution in [-0.2, 0) is 6.18 Å². The molecule has 0 unspecified atom stereocenters. The largest absolute Gasteiger partial charge is 0.417 e. The van der Waals surface area contributed by atoms with Gasteiger partial charge in [-0.1, -0.05) is 23.7 Å². The lowest BCUT2D eigenvalue weighted by Gasteiger charge is -2.08. The zero-order valence-corrected chi connectivity index (χ0v) is 16.0. The normalized spacial score (nSPS) is 11.6. The molecule has 0 atom stereocenters. The van der Waals surface area contributed by atoms with Crippen LogP contribution in [0.4, 0.5) is 18.9 Å². The molecule has 0 aliphatic carbocycles. The van der Waals surface area contributed by atoms with Gasteiger partial charge in [-0.2, -0.15) is 18.4 Å². The number of allylic oxidation sites excluding steroid dienone is 1. The summed E-state index contributed by atoms with van der Waals surface area (Å²) in [6, 6.07) is 17.0. The van der Waals surface area contributed by atoms with Crippen LogP contribution in [0.5, 0.6) is 0 Å². The number of aromatic nitrogens is 1. The summed E-state index contributed by atoms with van der Waals surface area (Å²) in [7, 11) is 0. The van der Waals surface area contributed by atoms with Crippen molar-refractivity contribution in [3.63, 3.8) is 0 Å². The SMILES string of the molecule is N#C/C(=C\c1cccc(NC(=O)c2ccc(Cl)cc2)c1)c1ccc(C(F)(F)F)cn1. The number of nitrogens with zero attached hydrogens (tertiary/aromatic N) is 2. The van der Waals surface area contributed by atoms with E-state index in [1.807, 2.05) is 6.07 Å². The van der Waals surface area contributed by atoms with Crippen molar-refractivity contribution in [3.05, 3.63) is 94.3 Å². The molecule has 0 fully saturated rings. The van der Waals surface area contributed by atoms with Gasteiger partial charge in [0.2, 0.25) is 0 Å². The number of pyridine rings is 1. The second-order valence-electron chi connectivity index (χ2n) is 6.19. The number of nitriles is 1. The molecule has 1 aromatic heterocycles. The first-order chi connectivity index (χ1) is 14.3. The molecule has 8 heteroatoms. The van der Waals surface area contributed by atoms with E-state index in [0.717, 1.165) is 12.1 Å². The van der Waals surface area contributed by atoms with Crippen molar-refractivity contribution in [1.29, 1.82) is 5.26 Å². The van der Waals surface area contributed by atoms with Crippen LogP contribution in [-0.4, -0.2) is 10.9 Å². The quantitative estimate of drug-likeness (QED) is 0.514. The molecule has 0 aliphatic heterocycles. The lowest BCUT2D eigenvalue weighted by atomic mass is 10.1. The van der Waals surface area contributed by atoms with Crippen molar-refractivity contribution in [2.24, 2.45) is 0 Å². The highest BCUT2D eigenvalue weighted by Gasteiger charge is 2.30. The van der Waals surface area contributed by atoms with Crippen LogP contribution >= 0.6 is 11.6 Å². The summed E-state index contributed by atoms with van der Waals surface area (Å²) in [5.74, 6) is -0.335. The average Bonchev–Trinajstić information content (AvgIpc) is 2.72. The lowest BCUT2D eigenvalue weighted by Crippen LogP contribution is -2.11. The van der Waals surface area contributed by atoms with E-state index in [-0.39, 0.29) is 17.2 Å². The number of amides is 1. The van der Waals surface area contributed by atoms with Gasteiger partial charge in [0.25, 0.3) is 5.91 Å². The maximum Gasteiger partial charge on any atom is 0.417 e. The Labute approximate surface area is 175 Å². The predicted octanol–water partition coefficient (Wildman–Crippen LogP) is 6.07. The molecule has 150 valence electrons. The summed E-state index contributed by atoms with van der Waals surface area (Å²) in [6.45, 7) is 0. The molecule has 0 saturated carbocycles. The zero-order valence-electron chi connectivity index (χ0n) is 15.2. The molecule has 4 nitrogen and oxygen atoms in total. The molecule has 3 aromatic rings. The van der Waals surface area contributed by atoms with Crippen LogP contribution < -0.4 is 5.32 Å². The molecule has 0 saturated heterocycles. The second-order valence-corrected chi connectivity index (χ2v) is 6.62. The van der Waals surface area contributed by atoms with Crippen molar-refractivity contribution in [3.8, 4) is 6.07 Å². The fourth-order valence-electron chi connectivity index (χ4n) is 2.56. The number of nitrogens with one attached hydrogen (secondary N) is 1. The van der Waals surface area contributed by atoms with Gasteiger partial charge in [0.1, 0.15) is 6.07 Å². The number of hydrogen-bond donors (Lipinski definition) is 1. The highest BCUT2D eigenvalue weighted by Crippen LogP contribution is 2.29. The minimum Gasteiger partial charge on any atom is -0.322 e. The second kappa shape index (κ2) is 8.80. The number of halogens is 4. The van der Waals surface area contributed by atoms with Gasteiger partial charge in [-0.25, -0.2) is 0 Å². The molecular formula is C22H13ClF3N3O. The van der Waals surface area contributed by atoms with Crippen molar-refractivity contribution < 1.29 is 18.0 Å². The Kier molecular flexibility index (Phi) is 6.19. The molecule has 1 amide bonds. The van der Waals surface area contributed by atoms with Gasteiger partial charge in [0.05, 0.1) is 16.8 Å². The number of carbonyl (C=O) groups is 1. The number of benzene rings is 2. The average molecular weight is 428 g/mol. The molecule has 1 N–H and O–H groups in total. The van der Waals surface area contributed by atoms with Gasteiger partial charge in [0, 0.05) is 22.5 Å². The van der Waals surface area contributed by atoms with E-state index >= 15 is 0 Å². The van der Waals surface area contributed by atoms with Gasteiger partial charge in [-0.05, 0) is 60.2 Å². The summed E-state index contributed by atoms with van der Waals surface area (Å²) in [4.78, 5) is 16.1. The third-order valence-electron chi connectivity index (χ3n) is 4.05. The Morgan fingerprint density at radius 2 is 1.83 bits per heavy atom. The molecular weight excluding hydrogens is 415 g/mol. The summed E-state index contributed by atoms with van der Waals surface area (Å²) < 4.78 is 38.0. The number of rotatable bonds is 4. The van der Waals surface area contributed by atoms with Crippen molar-refractivity contribution in [2.75, 3.05) is 5.32 Å². The molecule has 3 rings (SSSR count). The smallest absolute Gasteiger partial charge is 0.322 e. The molecule has 0 radical (unpaired) electrons. The third-order valence-corrected chi connectivity index (χ3v) is 4.30. The monoisotopic (exact) mass is 427 g/mol. The molecule has 1 heterocycles. The highest BCUT2D eigenvalue weighted by molar-refractivity contribution is 6.30. The van der Waals surface area contributed by atoms with Gasteiger partial charge in [-0.3, -0.25) is 9.78 Å². The van der Waals surface area contributed by atoms with Gasteiger partial charge in [0.15, 0.2) is 0 Å². The van der Waals surface area contributed by atoms with Crippen LogP contribution in [0.3, 0.4) is 0 Å². The molecule has 0 bridgehead atoms. The van der Waals surface area contributed by atoms with Crippen LogP contribution in [0.2, 0.25) is 5.02 Å². The van der Waals surface area contributed by atoms with Gasteiger partial charge < -0.3 is 5.32 Å². The topological polar surface area (TPSA) is 65.8 Å². The zero-order chi connectivity index (χ0) is 21.7. The minimum atomic E-state index is -4.50. The third kappa shape index (κ3) is 5.25. The van der Waals surface area contributed by atoms with Crippen LogP contribution in [0.25, 0.3) is 11.6 Å². The fraction of sp³-hybridized carbons (Fsp3) is 0.0455. The van der Waals surface area contributed by atoms with Crippen LogP contribution in [0, 0.1) is 11.3 Å². The summed E-state index contributed by atoms with van der Waals surface area (Å²) in [6.07, 6.45) is -2.34. The molecule has 2 aromatic carbocycles. The van der Waals surface area contributed by atoms with Crippen molar-refractivity contribution in [1.82, 2.24) is 4.98 Å². The maximum atomic E-state index is 12.7. The summed E-state index contributed by atoms with van der Waals surface area (Å²) >= 11 is 5.82. The van der Waals surface area contributed by atoms with Crippen molar-refractivity contribution >= 4 is 34.8 Å². The number of anilines is 1. The minimum absolute atomic E-state index is 0.0879. The molecule has 0 spiro atoms. The summed E-state index contributed by atoms with van der Waals surface area (Å²) in [5, 5.41) is 12.6. The number of alkyl halides is 3. The van der Waals surface area contributed by atoms with Gasteiger partial charge >= 0.3 is 6.18 Å². The van der Waals surface area contributed by atoms with Gasteiger partial charge in [-0.15, -0.1) is 0 Å². The van der Waals surface area contributed by atoms with E-state index in [1.165, 1.54) is 6.08 Å². The fourth-order valence-corrected chi connectivity index (χ4v) is 2.69. The van der Waals surface area contributed by atoms with E-state index in [0.29, 0.717) is 28.0 Å².